The van der Waals surface area contributed by atoms with E-state index >= 15 is 0 Å². The lowest BCUT2D eigenvalue weighted by atomic mass is 9.95. The molecule has 0 aliphatic carbocycles. The van der Waals surface area contributed by atoms with Crippen LogP contribution in [0.1, 0.15) is 25.0 Å². The highest BCUT2D eigenvalue weighted by atomic mass is 16.6. The first-order valence-electron chi connectivity index (χ1n) is 10.5. The minimum Gasteiger partial charge on any atom is -0.496 e. The van der Waals surface area contributed by atoms with Crippen LogP contribution in [-0.4, -0.2) is 57.0 Å². The molecule has 10 nitrogen and oxygen atoms in total. The summed E-state index contributed by atoms with van der Waals surface area (Å²) in [6.07, 6.45) is 2.67. The minimum atomic E-state index is -1.82. The highest BCUT2D eigenvalue weighted by Crippen LogP contribution is 2.35. The monoisotopic (exact) mass is 487 g/mol. The third-order valence-corrected chi connectivity index (χ3v) is 5.05. The Hall–Kier alpha value is -4.21. The molecular weight excluding hydrogens is 458 g/mol. The van der Waals surface area contributed by atoms with Gasteiger partial charge in [0.1, 0.15) is 23.0 Å². The molecule has 0 aliphatic heterocycles. The van der Waals surface area contributed by atoms with Crippen molar-refractivity contribution in [1.82, 2.24) is 0 Å². The second-order valence-corrected chi connectivity index (χ2v) is 7.60. The fourth-order valence-electron chi connectivity index (χ4n) is 3.37. The van der Waals surface area contributed by atoms with Crippen LogP contribution < -0.4 is 24.3 Å². The largest absolute Gasteiger partial charge is 0.496 e. The van der Waals surface area contributed by atoms with Gasteiger partial charge < -0.3 is 34.1 Å². The molecule has 188 valence electrons. The molecule has 0 radical (unpaired) electrons. The Morgan fingerprint density at radius 3 is 2.03 bits per heavy atom. The van der Waals surface area contributed by atoms with Gasteiger partial charge in [-0.1, -0.05) is 0 Å². The number of carboxylic acids is 1. The normalized spacial score (nSPS) is 12.4. The molecule has 1 unspecified atom stereocenters. The number of hydrogen-bond donors (Lipinski definition) is 2. The van der Waals surface area contributed by atoms with Crippen molar-refractivity contribution in [2.75, 3.05) is 33.8 Å². The van der Waals surface area contributed by atoms with Gasteiger partial charge in [0.25, 0.3) is 0 Å². The van der Waals surface area contributed by atoms with Crippen LogP contribution in [0.15, 0.2) is 36.4 Å². The van der Waals surface area contributed by atoms with Crippen molar-refractivity contribution >= 4 is 29.6 Å². The molecule has 10 heteroatoms. The number of nitrogens with one attached hydrogen (secondary N) is 1. The number of carbonyl (C=O) groups excluding carboxylic acids is 2. The molecule has 0 spiro atoms. The summed E-state index contributed by atoms with van der Waals surface area (Å²) in [6, 6.07) is 8.08. The molecule has 0 heterocycles. The fourth-order valence-corrected chi connectivity index (χ4v) is 3.37. The average Bonchev–Trinajstić information content (AvgIpc) is 2.81. The van der Waals surface area contributed by atoms with E-state index in [1.54, 1.807) is 36.4 Å². The predicted molar refractivity (Wildman–Crippen MR) is 128 cm³/mol. The highest BCUT2D eigenvalue weighted by molar-refractivity contribution is 6.02. The lowest BCUT2D eigenvalue weighted by molar-refractivity contribution is -0.175. The summed E-state index contributed by atoms with van der Waals surface area (Å²) in [7, 11) is 5.93. The average molecular weight is 488 g/mol. The Kier molecular flexibility index (Phi) is 9.10. The number of methoxy groups -OCH3 is 4. The maximum Gasteiger partial charge on any atom is 0.348 e. The number of esters is 1. The zero-order valence-corrected chi connectivity index (χ0v) is 20.5. The zero-order valence-electron chi connectivity index (χ0n) is 20.5. The lowest BCUT2D eigenvalue weighted by Crippen LogP contribution is -2.42. The van der Waals surface area contributed by atoms with Crippen molar-refractivity contribution in [2.45, 2.75) is 25.9 Å². The standard InChI is InChI=1S/C25H29NO9/c1-15(27)35-25(2,24(29)30)14-16-11-17(7-9-20(16)32-4)26-23(28)10-8-19-21(33-5)12-18(31-3)13-22(19)34-6/h7-13H,14H2,1-6H3,(H,26,28)(H,29,30). The minimum absolute atomic E-state index is 0.176. The van der Waals surface area contributed by atoms with Gasteiger partial charge in [0.2, 0.25) is 11.5 Å². The van der Waals surface area contributed by atoms with Gasteiger partial charge in [-0.05, 0) is 31.2 Å². The van der Waals surface area contributed by atoms with Crippen molar-refractivity contribution in [2.24, 2.45) is 0 Å². The third kappa shape index (κ3) is 6.89. The van der Waals surface area contributed by atoms with Gasteiger partial charge in [0, 0.05) is 42.8 Å². The lowest BCUT2D eigenvalue weighted by Gasteiger charge is -2.25. The van der Waals surface area contributed by atoms with E-state index in [1.807, 2.05) is 0 Å². The summed E-state index contributed by atoms with van der Waals surface area (Å²) in [5.41, 5.74) is -0.457. The molecular formula is C25H29NO9. The van der Waals surface area contributed by atoms with Crippen LogP contribution in [-0.2, 0) is 25.5 Å². The summed E-state index contributed by atoms with van der Waals surface area (Å²) in [6.45, 7) is 2.42. The van der Waals surface area contributed by atoms with E-state index in [0.717, 1.165) is 6.92 Å². The topological polar surface area (TPSA) is 130 Å². The number of carbonyl (C=O) groups is 3. The number of benzene rings is 2. The highest BCUT2D eigenvalue weighted by Gasteiger charge is 2.38. The number of rotatable bonds is 11. The number of hydrogen-bond acceptors (Lipinski definition) is 8. The number of aliphatic carboxylic acids is 1. The smallest absolute Gasteiger partial charge is 0.348 e. The Morgan fingerprint density at radius 2 is 1.54 bits per heavy atom. The van der Waals surface area contributed by atoms with E-state index in [4.69, 9.17) is 23.7 Å². The van der Waals surface area contributed by atoms with Crippen LogP contribution in [0.4, 0.5) is 5.69 Å². The number of carboxylic acid groups (broad SMARTS) is 1. The van der Waals surface area contributed by atoms with Crippen LogP contribution in [0.3, 0.4) is 0 Å². The van der Waals surface area contributed by atoms with Crippen molar-refractivity contribution in [3.63, 3.8) is 0 Å². The Balaban J connectivity index is 2.30. The van der Waals surface area contributed by atoms with Gasteiger partial charge in [0.05, 0.1) is 34.0 Å². The molecule has 2 rings (SSSR count). The zero-order chi connectivity index (χ0) is 26.2. The van der Waals surface area contributed by atoms with Crippen LogP contribution in [0.25, 0.3) is 6.08 Å². The Morgan fingerprint density at radius 1 is 0.943 bits per heavy atom. The molecule has 0 aliphatic rings. The van der Waals surface area contributed by atoms with Gasteiger partial charge in [0.15, 0.2) is 0 Å². The molecule has 2 aromatic carbocycles. The molecule has 0 saturated heterocycles. The predicted octanol–water partition coefficient (Wildman–Crippen LogP) is 3.32. The third-order valence-electron chi connectivity index (χ3n) is 5.05. The van der Waals surface area contributed by atoms with Crippen LogP contribution in [0, 0.1) is 0 Å². The SMILES string of the molecule is COc1cc(OC)c(C=CC(=O)Nc2ccc(OC)c(CC(C)(OC(C)=O)C(=O)O)c2)c(OC)c1. The summed E-state index contributed by atoms with van der Waals surface area (Å²) < 4.78 is 26.3. The molecule has 35 heavy (non-hydrogen) atoms. The quantitative estimate of drug-likeness (QED) is 0.362. The van der Waals surface area contributed by atoms with Crippen LogP contribution in [0.2, 0.25) is 0 Å². The summed E-state index contributed by atoms with van der Waals surface area (Å²) in [5.74, 6) is -0.672. The number of anilines is 1. The molecule has 0 saturated carbocycles. The van der Waals surface area contributed by atoms with E-state index < -0.39 is 23.4 Å². The molecule has 1 amide bonds. The van der Waals surface area contributed by atoms with Gasteiger partial charge in [-0.25, -0.2) is 4.79 Å². The Labute approximate surface area is 203 Å². The second-order valence-electron chi connectivity index (χ2n) is 7.60. The van der Waals surface area contributed by atoms with Crippen molar-refractivity contribution in [3.05, 3.63) is 47.5 Å². The second kappa shape index (κ2) is 11.8. The van der Waals surface area contributed by atoms with E-state index in [9.17, 15) is 19.5 Å². The van der Waals surface area contributed by atoms with Gasteiger partial charge >= 0.3 is 11.9 Å². The first kappa shape index (κ1) is 27.0. The van der Waals surface area contributed by atoms with E-state index in [2.05, 4.69) is 5.32 Å². The van der Waals surface area contributed by atoms with Crippen molar-refractivity contribution < 1.29 is 43.2 Å². The number of amides is 1. The van der Waals surface area contributed by atoms with Crippen molar-refractivity contribution in [1.29, 1.82) is 0 Å². The molecule has 2 aromatic rings. The first-order chi connectivity index (χ1) is 16.6. The molecule has 1 atom stereocenters. The molecule has 0 fully saturated rings. The molecule has 0 bridgehead atoms. The maximum atomic E-state index is 12.6. The maximum absolute atomic E-state index is 12.6. The Bertz CT molecular complexity index is 1100. The molecule has 0 aromatic heterocycles. The van der Waals surface area contributed by atoms with Gasteiger partial charge in [-0.15, -0.1) is 0 Å². The van der Waals surface area contributed by atoms with Crippen LogP contribution in [0.5, 0.6) is 23.0 Å². The van der Waals surface area contributed by atoms with Gasteiger partial charge in [-0.2, -0.15) is 0 Å². The van der Waals surface area contributed by atoms with E-state index in [-0.39, 0.29) is 6.42 Å². The summed E-state index contributed by atoms with van der Waals surface area (Å²) in [4.78, 5) is 35.8. The molecule has 2 N–H and O–H groups in total. The van der Waals surface area contributed by atoms with Crippen molar-refractivity contribution in [3.8, 4) is 23.0 Å². The summed E-state index contributed by atoms with van der Waals surface area (Å²) >= 11 is 0. The van der Waals surface area contributed by atoms with Gasteiger partial charge in [-0.3, -0.25) is 9.59 Å². The number of ether oxygens (including phenoxy) is 5. The fraction of sp³-hybridized carbons (Fsp3) is 0.320. The summed E-state index contributed by atoms with van der Waals surface area (Å²) in [5, 5.41) is 12.3. The van der Waals surface area contributed by atoms with E-state index in [0.29, 0.717) is 39.8 Å². The van der Waals surface area contributed by atoms with Crippen LogP contribution >= 0.6 is 0 Å². The van der Waals surface area contributed by atoms with E-state index in [1.165, 1.54) is 41.4 Å². The first-order valence-corrected chi connectivity index (χ1v) is 10.5.